The predicted molar refractivity (Wildman–Crippen MR) is 399 cm³/mol. The summed E-state index contributed by atoms with van der Waals surface area (Å²) < 4.78 is 87.4. The van der Waals surface area contributed by atoms with Gasteiger partial charge >= 0.3 is 25.2 Å². The molecule has 10 aromatic rings. The number of aromatic carboxylic acids is 1. The van der Waals surface area contributed by atoms with Crippen LogP contribution in [-0.2, 0) is 33.8 Å². The summed E-state index contributed by atoms with van der Waals surface area (Å²) in [5, 5.41) is 40.4. The first kappa shape index (κ1) is 90.8. The first-order valence-corrected chi connectivity index (χ1v) is 32.4. The molecule has 0 saturated carbocycles. The second-order valence-corrected chi connectivity index (χ2v) is 21.7. The molecule has 0 saturated heterocycles. The van der Waals surface area contributed by atoms with Crippen molar-refractivity contribution in [3.05, 3.63) is 210 Å². The minimum atomic E-state index is -3.02. The van der Waals surface area contributed by atoms with E-state index in [2.05, 4.69) is 60.3 Å². The molecular formula is C73H86ClF4N15O13S. The van der Waals surface area contributed by atoms with Gasteiger partial charge in [0, 0.05) is 12.8 Å². The van der Waals surface area contributed by atoms with Crippen LogP contribution >= 0.6 is 24.6 Å². The van der Waals surface area contributed by atoms with Crippen molar-refractivity contribution in [3.63, 3.8) is 0 Å². The van der Waals surface area contributed by atoms with E-state index in [1.165, 1.54) is 42.5 Å². The molecule has 0 unspecified atom stereocenters. The van der Waals surface area contributed by atoms with E-state index < -0.39 is 36.7 Å². The number of aromatic amines is 3. The Hall–Kier alpha value is -12.3. The number of esters is 1. The van der Waals surface area contributed by atoms with Crippen LogP contribution in [0.5, 0.6) is 40.2 Å². The molecule has 28 nitrogen and oxygen atoms in total. The number of H-pyrrole nitrogens is 3. The molecule has 0 radical (unpaired) electrons. The first-order valence-electron chi connectivity index (χ1n) is 32.0. The molecule has 572 valence electrons. The number of alkyl halides is 4. The van der Waals surface area contributed by atoms with Gasteiger partial charge in [-0.05, 0) is 106 Å². The van der Waals surface area contributed by atoms with E-state index in [0.29, 0.717) is 63.3 Å². The van der Waals surface area contributed by atoms with Crippen LogP contribution in [0.25, 0.3) is 34.2 Å². The number of hydrogen-bond donors (Lipinski definition) is 9. The standard InChI is InChI=1S/C18H16F2N4O3.C11H13N3O.C10H12N4O.C8H6F2O3.C8H16N2O3.C8H9NOS.C8H7NO.C2H6.ClH/c1-26-13-8-4-2-6-11(13)16-22-15(23-24-16)10-21-17(25)12-7-3-5-9-14(12)27-18(19)20;1-3-10-12-11(14-13-10)8-6-4-5-7-9(8)15-2;1-15-8-5-3-2-4-7(8)10-12-9(6-11)13-14-10;9-8(10)13-6-4-2-1-3-5(6)7(11)12;1-8(2,3)13-7(12)5-4-6(11)10-9;1-10-7-5-3-2-4-6(7)8(9)11;1-10-8-5-3-2-4-7(8)6-9;1-2;/h2-9,18H,10H2,1H3,(H,21,25)(H,22,23,24);4-7H,3H2,1-2H3,(H,12,13,14);2-5H,6,11H2,1H3,(H,12,13,14);1-4,8H,(H,11,12);4-5,9H2,1-3H3,(H,10,11);2-5H,1H3,(H2,9,11);2-5H,1H3;1-2H3;1H. The number of carbonyl (C=O) groups is 4. The van der Waals surface area contributed by atoms with Crippen LogP contribution in [0.2, 0.25) is 0 Å². The van der Waals surface area contributed by atoms with Crippen molar-refractivity contribution in [1.29, 1.82) is 5.26 Å². The molecule has 2 amide bonds. The lowest BCUT2D eigenvalue weighted by atomic mass is 10.2. The van der Waals surface area contributed by atoms with Crippen molar-refractivity contribution in [3.8, 4) is 80.5 Å². The molecule has 10 rings (SSSR count). The van der Waals surface area contributed by atoms with Crippen molar-refractivity contribution in [2.75, 3.05) is 35.5 Å². The number of amides is 2. The Balaban J connectivity index is 0.000000433. The number of nitrogens with zero attached hydrogens (tertiary/aromatic N) is 7. The summed E-state index contributed by atoms with van der Waals surface area (Å²) in [5.74, 6) is 8.84. The van der Waals surface area contributed by atoms with Gasteiger partial charge in [-0.2, -0.15) is 38.1 Å². The van der Waals surface area contributed by atoms with Gasteiger partial charge in [-0.1, -0.05) is 118 Å². The van der Waals surface area contributed by atoms with Crippen LogP contribution in [0.4, 0.5) is 17.6 Å². The number of nitrogens with two attached hydrogens (primary N) is 3. The Morgan fingerprint density at radius 1 is 0.551 bits per heavy atom. The van der Waals surface area contributed by atoms with E-state index in [1.54, 1.807) is 86.7 Å². The molecule has 0 atom stereocenters. The van der Waals surface area contributed by atoms with E-state index in [1.807, 2.05) is 129 Å². The third kappa shape index (κ3) is 32.1. The number of benzene rings is 7. The van der Waals surface area contributed by atoms with Gasteiger partial charge < -0.3 is 59.8 Å². The third-order valence-electron chi connectivity index (χ3n) is 13.0. The van der Waals surface area contributed by atoms with Gasteiger partial charge in [-0.15, -0.1) is 12.4 Å². The predicted octanol–water partition coefficient (Wildman–Crippen LogP) is 12.4. The van der Waals surface area contributed by atoms with E-state index in [9.17, 15) is 36.7 Å². The number of hydrogen-bond acceptors (Lipinski definition) is 22. The highest BCUT2D eigenvalue weighted by Gasteiger charge is 2.20. The van der Waals surface area contributed by atoms with Gasteiger partial charge in [0.1, 0.15) is 79.9 Å². The zero-order valence-corrected chi connectivity index (χ0v) is 62.0. The molecule has 3 aromatic heterocycles. The molecule has 107 heavy (non-hydrogen) atoms. The number of aryl methyl sites for hydroxylation is 1. The Morgan fingerprint density at radius 3 is 1.28 bits per heavy atom. The van der Waals surface area contributed by atoms with Gasteiger partial charge in [-0.25, -0.2) is 25.6 Å². The zero-order chi connectivity index (χ0) is 78.6. The van der Waals surface area contributed by atoms with Gasteiger partial charge in [0.2, 0.25) is 5.91 Å². The fraction of sp³-hybridized carbons (Fsp3) is 0.260. The average Bonchev–Trinajstić information content (AvgIpc) is 1.75. The van der Waals surface area contributed by atoms with Crippen molar-refractivity contribution >= 4 is 53.4 Å². The van der Waals surface area contributed by atoms with Gasteiger partial charge in [0.05, 0.1) is 88.4 Å². The Kier molecular flexibility index (Phi) is 42.0. The molecular weight excluding hydrogens is 1440 g/mol. The maximum absolute atomic E-state index is 12.5. The SMILES string of the molecule is CC.CC(C)(C)OC(=O)CCC(=O)NN.CCc1nc(-c2ccccc2OC)n[nH]1.COc1ccccc1-c1n[nH]c(CN)n1.COc1ccccc1-c1n[nH]c(CNC(=O)c2ccccc2OC(F)F)n1.COc1ccccc1C#N.COc1ccccc1C(N)=S.Cl.O=C(O)c1ccccc1OC(F)F. The molecule has 0 aliphatic carbocycles. The topological polar surface area (TPSA) is 413 Å². The maximum atomic E-state index is 12.5. The number of hydrazine groups is 1. The second-order valence-electron chi connectivity index (χ2n) is 21.2. The highest BCUT2D eigenvalue weighted by Crippen LogP contribution is 2.30. The molecule has 3 heterocycles. The van der Waals surface area contributed by atoms with Crippen LogP contribution in [0.3, 0.4) is 0 Å². The van der Waals surface area contributed by atoms with Crippen molar-refractivity contribution in [2.24, 2.45) is 17.3 Å². The van der Waals surface area contributed by atoms with Crippen LogP contribution in [0.1, 0.15) is 104 Å². The number of carbonyl (C=O) groups excluding carboxylic acids is 3. The van der Waals surface area contributed by atoms with Crippen molar-refractivity contribution in [2.45, 2.75) is 92.7 Å². The number of nitriles is 1. The largest absolute Gasteiger partial charge is 0.496 e. The molecule has 0 fully saturated rings. The van der Waals surface area contributed by atoms with Gasteiger partial charge in [0.25, 0.3) is 5.91 Å². The summed E-state index contributed by atoms with van der Waals surface area (Å²) in [6.07, 6.45) is 0.966. The molecule has 0 bridgehead atoms. The van der Waals surface area contributed by atoms with Crippen LogP contribution in [-0.4, -0.2) is 134 Å². The van der Waals surface area contributed by atoms with Crippen LogP contribution in [0, 0.1) is 11.3 Å². The van der Waals surface area contributed by atoms with E-state index >= 15 is 0 Å². The third-order valence-corrected chi connectivity index (χ3v) is 13.2. The molecule has 0 spiro atoms. The lowest BCUT2D eigenvalue weighted by molar-refractivity contribution is -0.155. The zero-order valence-electron chi connectivity index (χ0n) is 60.4. The first-order chi connectivity index (χ1) is 50.9. The summed E-state index contributed by atoms with van der Waals surface area (Å²) in [7, 11) is 7.96. The van der Waals surface area contributed by atoms with Crippen molar-refractivity contribution < 1.29 is 79.7 Å². The minimum Gasteiger partial charge on any atom is -0.496 e. The minimum absolute atomic E-state index is 0. The molecule has 7 aromatic carbocycles. The number of methoxy groups -OCH3 is 5. The van der Waals surface area contributed by atoms with E-state index in [4.69, 9.17) is 68.3 Å². The van der Waals surface area contributed by atoms with Crippen molar-refractivity contribution in [1.82, 2.24) is 56.3 Å². The maximum Gasteiger partial charge on any atom is 0.387 e. The lowest BCUT2D eigenvalue weighted by Crippen LogP contribution is -2.31. The Bertz CT molecular complexity index is 4280. The summed E-state index contributed by atoms with van der Waals surface area (Å²) in [6.45, 7) is 5.70. The van der Waals surface area contributed by atoms with E-state index in [-0.39, 0.29) is 60.3 Å². The van der Waals surface area contributed by atoms with Crippen LogP contribution in [0.15, 0.2) is 170 Å². The number of nitrogens with one attached hydrogen (secondary N) is 5. The summed E-state index contributed by atoms with van der Waals surface area (Å²) in [5.41, 5.74) is 15.9. The lowest BCUT2D eigenvalue weighted by Gasteiger charge is -2.19. The molecule has 0 aliphatic rings. The number of para-hydroxylation sites is 7. The Morgan fingerprint density at radius 2 is 0.916 bits per heavy atom. The van der Waals surface area contributed by atoms with Gasteiger partial charge in [-0.3, -0.25) is 35.1 Å². The van der Waals surface area contributed by atoms with E-state index in [0.717, 1.165) is 46.2 Å². The summed E-state index contributed by atoms with van der Waals surface area (Å²) in [6, 6.07) is 50.1. The fourth-order valence-corrected chi connectivity index (χ4v) is 8.45. The Labute approximate surface area is 627 Å². The number of ether oxygens (including phenoxy) is 8. The second kappa shape index (κ2) is 49.4. The molecule has 34 heteroatoms. The van der Waals surface area contributed by atoms with Crippen LogP contribution < -0.4 is 61.2 Å². The molecule has 0 aliphatic heterocycles. The number of thiocarbonyl (C=S) groups is 1. The number of carboxylic acids is 1. The molecule has 12 N–H and O–H groups in total. The number of aromatic nitrogens is 9. The normalized spacial score (nSPS) is 9.89. The monoisotopic (exact) mass is 1520 g/mol. The number of halogens is 5. The smallest absolute Gasteiger partial charge is 0.387 e. The number of rotatable bonds is 22. The fourth-order valence-electron chi connectivity index (χ4n) is 8.28. The number of carboxylic acid groups (broad SMARTS) is 1. The average molecular weight is 1530 g/mol. The highest BCUT2D eigenvalue weighted by molar-refractivity contribution is 7.80. The quantitative estimate of drug-likeness (QED) is 0.00760. The summed E-state index contributed by atoms with van der Waals surface area (Å²) in [4.78, 5) is 57.7. The highest BCUT2D eigenvalue weighted by atomic mass is 35.5. The van der Waals surface area contributed by atoms with Gasteiger partial charge in [0.15, 0.2) is 17.5 Å². The summed E-state index contributed by atoms with van der Waals surface area (Å²) >= 11 is 4.81.